The lowest BCUT2D eigenvalue weighted by Gasteiger charge is -2.24. The molecule has 9 heteroatoms. The third-order valence-corrected chi connectivity index (χ3v) is 4.83. The fourth-order valence-electron chi connectivity index (χ4n) is 3.08. The quantitative estimate of drug-likeness (QED) is 0.671. The minimum Gasteiger partial charge on any atom is -0.482 e. The normalized spacial score (nSPS) is 15.4. The lowest BCUT2D eigenvalue weighted by molar-refractivity contribution is -0.118. The molecule has 1 aliphatic heterocycles. The van der Waals surface area contributed by atoms with Crippen LogP contribution in [0.1, 0.15) is 23.6 Å². The van der Waals surface area contributed by atoms with Crippen molar-refractivity contribution in [1.29, 1.82) is 0 Å². The summed E-state index contributed by atoms with van der Waals surface area (Å²) in [6.45, 7) is 1.80. The van der Waals surface area contributed by atoms with E-state index in [1.54, 1.807) is 22.9 Å². The number of anilines is 2. The minimum absolute atomic E-state index is 0.139. The first kappa shape index (κ1) is 18.9. The van der Waals surface area contributed by atoms with Gasteiger partial charge in [-0.25, -0.2) is 4.68 Å². The van der Waals surface area contributed by atoms with E-state index >= 15 is 0 Å². The fourth-order valence-corrected chi connectivity index (χ4v) is 3.33. The number of rotatable bonds is 5. The summed E-state index contributed by atoms with van der Waals surface area (Å²) in [6.07, 6.45) is 1.62. The van der Waals surface area contributed by atoms with E-state index in [0.29, 0.717) is 22.4 Å². The SMILES string of the molecule is Cc1ccc(NC(=O)COc2ccc([C@H]3CC(=O)Nc4ncnn43)cc2Cl)cc1. The van der Waals surface area contributed by atoms with E-state index in [2.05, 4.69) is 20.7 Å². The molecule has 8 nitrogen and oxygen atoms in total. The van der Waals surface area contributed by atoms with E-state index in [-0.39, 0.29) is 30.9 Å². The van der Waals surface area contributed by atoms with Gasteiger partial charge in [0.05, 0.1) is 17.5 Å². The average molecular weight is 412 g/mol. The Labute approximate surface area is 171 Å². The smallest absolute Gasteiger partial charge is 0.262 e. The number of halogens is 1. The van der Waals surface area contributed by atoms with Gasteiger partial charge < -0.3 is 10.1 Å². The molecule has 0 bridgehead atoms. The predicted molar refractivity (Wildman–Crippen MR) is 108 cm³/mol. The maximum absolute atomic E-state index is 12.1. The Morgan fingerprint density at radius 2 is 2.10 bits per heavy atom. The summed E-state index contributed by atoms with van der Waals surface area (Å²) in [5.74, 6) is 0.356. The lowest BCUT2D eigenvalue weighted by Crippen LogP contribution is -2.29. The maximum Gasteiger partial charge on any atom is 0.262 e. The van der Waals surface area contributed by atoms with Crippen LogP contribution < -0.4 is 15.4 Å². The van der Waals surface area contributed by atoms with Crippen LogP contribution in [-0.4, -0.2) is 33.2 Å². The number of ether oxygens (including phenoxy) is 1. The molecule has 29 heavy (non-hydrogen) atoms. The molecule has 1 aromatic heterocycles. The number of aryl methyl sites for hydroxylation is 1. The Morgan fingerprint density at radius 1 is 1.31 bits per heavy atom. The summed E-state index contributed by atoms with van der Waals surface area (Å²) in [4.78, 5) is 28.0. The van der Waals surface area contributed by atoms with Gasteiger partial charge in [-0.3, -0.25) is 14.9 Å². The van der Waals surface area contributed by atoms with Crippen molar-refractivity contribution in [3.63, 3.8) is 0 Å². The van der Waals surface area contributed by atoms with Crippen LogP contribution in [0.25, 0.3) is 0 Å². The van der Waals surface area contributed by atoms with Gasteiger partial charge in [0.1, 0.15) is 12.1 Å². The molecular formula is C20H18ClN5O3. The molecule has 1 aliphatic rings. The van der Waals surface area contributed by atoms with E-state index in [1.807, 2.05) is 31.2 Å². The van der Waals surface area contributed by atoms with Gasteiger partial charge in [0.15, 0.2) is 6.61 Å². The number of nitrogens with zero attached hydrogens (tertiary/aromatic N) is 3. The van der Waals surface area contributed by atoms with Crippen molar-refractivity contribution in [2.75, 3.05) is 17.2 Å². The van der Waals surface area contributed by atoms with Crippen LogP contribution in [0.15, 0.2) is 48.8 Å². The Morgan fingerprint density at radius 3 is 2.86 bits per heavy atom. The highest BCUT2D eigenvalue weighted by Crippen LogP contribution is 2.33. The molecule has 1 atom stereocenters. The average Bonchev–Trinajstić information content (AvgIpc) is 3.16. The van der Waals surface area contributed by atoms with Gasteiger partial charge in [-0.2, -0.15) is 10.1 Å². The zero-order valence-electron chi connectivity index (χ0n) is 15.6. The number of fused-ring (bicyclic) bond motifs is 1. The van der Waals surface area contributed by atoms with Crippen LogP contribution in [0.2, 0.25) is 5.02 Å². The van der Waals surface area contributed by atoms with Gasteiger partial charge in [0.25, 0.3) is 5.91 Å². The number of aromatic nitrogens is 3. The Bertz CT molecular complexity index is 1060. The fraction of sp³-hybridized carbons (Fsp3) is 0.200. The minimum atomic E-state index is -0.308. The molecule has 148 valence electrons. The second-order valence-electron chi connectivity index (χ2n) is 6.69. The molecular weight excluding hydrogens is 394 g/mol. The summed E-state index contributed by atoms with van der Waals surface area (Å²) >= 11 is 6.34. The molecule has 0 spiro atoms. The summed E-state index contributed by atoms with van der Waals surface area (Å²) in [5.41, 5.74) is 2.61. The number of benzene rings is 2. The van der Waals surface area contributed by atoms with E-state index in [9.17, 15) is 9.59 Å². The second kappa shape index (κ2) is 7.92. The summed E-state index contributed by atoms with van der Waals surface area (Å²) in [7, 11) is 0. The van der Waals surface area contributed by atoms with Gasteiger partial charge >= 0.3 is 0 Å². The third-order valence-electron chi connectivity index (χ3n) is 4.53. The standard InChI is InChI=1S/C20H18ClN5O3/c1-12-2-5-14(6-3-12)24-19(28)10-29-17-7-4-13(8-15(17)21)16-9-18(27)25-20-22-11-23-26(16)20/h2-8,11,16H,9-10H2,1H3,(H,24,28)(H,22,23,25,27)/t16-/m1/s1. The summed E-state index contributed by atoms with van der Waals surface area (Å²) in [6, 6.07) is 12.4. The molecule has 2 aromatic carbocycles. The molecule has 0 aliphatic carbocycles. The van der Waals surface area contributed by atoms with Crippen molar-refractivity contribution in [1.82, 2.24) is 14.8 Å². The van der Waals surface area contributed by atoms with Crippen LogP contribution in [0.4, 0.5) is 11.6 Å². The van der Waals surface area contributed by atoms with Crippen molar-refractivity contribution in [3.05, 3.63) is 64.9 Å². The highest BCUT2D eigenvalue weighted by atomic mass is 35.5. The van der Waals surface area contributed by atoms with Crippen LogP contribution in [0.5, 0.6) is 5.75 Å². The van der Waals surface area contributed by atoms with Gasteiger partial charge in [-0.15, -0.1) is 0 Å². The van der Waals surface area contributed by atoms with Gasteiger partial charge in [0.2, 0.25) is 11.9 Å². The molecule has 0 fully saturated rings. The van der Waals surface area contributed by atoms with E-state index in [0.717, 1.165) is 11.1 Å². The van der Waals surface area contributed by atoms with Crippen LogP contribution in [0, 0.1) is 6.92 Å². The highest BCUT2D eigenvalue weighted by Gasteiger charge is 2.28. The third kappa shape index (κ3) is 4.22. The number of hydrogen-bond donors (Lipinski definition) is 2. The monoisotopic (exact) mass is 411 g/mol. The predicted octanol–water partition coefficient (Wildman–Crippen LogP) is 3.19. The Hall–Kier alpha value is -3.39. The van der Waals surface area contributed by atoms with Gasteiger partial charge in [-0.1, -0.05) is 35.4 Å². The summed E-state index contributed by atoms with van der Waals surface area (Å²) in [5, 5.41) is 9.95. The molecule has 4 rings (SSSR count). The number of carbonyl (C=O) groups is 2. The number of hydrogen-bond acceptors (Lipinski definition) is 5. The Balaban J connectivity index is 1.42. The first-order chi connectivity index (χ1) is 14.0. The highest BCUT2D eigenvalue weighted by molar-refractivity contribution is 6.32. The molecule has 0 saturated carbocycles. The summed E-state index contributed by atoms with van der Waals surface area (Å²) < 4.78 is 7.20. The molecule has 2 amide bonds. The first-order valence-electron chi connectivity index (χ1n) is 8.98. The molecule has 0 unspecified atom stereocenters. The molecule has 2 N–H and O–H groups in total. The van der Waals surface area contributed by atoms with E-state index < -0.39 is 0 Å². The second-order valence-corrected chi connectivity index (χ2v) is 7.10. The molecule has 2 heterocycles. The zero-order valence-corrected chi connectivity index (χ0v) is 16.3. The maximum atomic E-state index is 12.1. The van der Waals surface area contributed by atoms with Crippen LogP contribution in [-0.2, 0) is 9.59 Å². The zero-order chi connectivity index (χ0) is 20.4. The van der Waals surface area contributed by atoms with Crippen molar-refractivity contribution in [3.8, 4) is 5.75 Å². The van der Waals surface area contributed by atoms with Gasteiger partial charge in [-0.05, 0) is 36.8 Å². The number of carbonyl (C=O) groups excluding carboxylic acids is 2. The van der Waals surface area contributed by atoms with Crippen molar-refractivity contribution in [2.45, 2.75) is 19.4 Å². The van der Waals surface area contributed by atoms with Crippen molar-refractivity contribution < 1.29 is 14.3 Å². The molecule has 0 radical (unpaired) electrons. The molecule has 3 aromatic rings. The van der Waals surface area contributed by atoms with Crippen molar-refractivity contribution in [2.24, 2.45) is 0 Å². The van der Waals surface area contributed by atoms with Crippen LogP contribution >= 0.6 is 11.6 Å². The topological polar surface area (TPSA) is 98.1 Å². The first-order valence-corrected chi connectivity index (χ1v) is 9.35. The molecule has 0 saturated heterocycles. The number of nitrogens with one attached hydrogen (secondary N) is 2. The van der Waals surface area contributed by atoms with Gasteiger partial charge in [0, 0.05) is 5.69 Å². The van der Waals surface area contributed by atoms with E-state index in [4.69, 9.17) is 16.3 Å². The van der Waals surface area contributed by atoms with Crippen LogP contribution in [0.3, 0.4) is 0 Å². The van der Waals surface area contributed by atoms with E-state index in [1.165, 1.54) is 6.33 Å². The largest absolute Gasteiger partial charge is 0.482 e. The number of amides is 2. The van der Waals surface area contributed by atoms with Crippen molar-refractivity contribution >= 4 is 35.1 Å². The Kier molecular flexibility index (Phi) is 5.18. The lowest BCUT2D eigenvalue weighted by atomic mass is 10.0.